The van der Waals surface area contributed by atoms with E-state index < -0.39 is 17.3 Å². The molecular formula is C18H18BrNO4. The van der Waals surface area contributed by atoms with E-state index in [4.69, 9.17) is 4.42 Å². The van der Waals surface area contributed by atoms with Gasteiger partial charge in [0.25, 0.3) is 5.91 Å². The molecule has 1 aliphatic heterocycles. The van der Waals surface area contributed by atoms with Crippen molar-refractivity contribution in [2.75, 3.05) is 11.4 Å². The molecule has 1 N–H and O–H groups in total. The second kappa shape index (κ2) is 6.18. The summed E-state index contributed by atoms with van der Waals surface area (Å²) in [5.74, 6) is -0.102. The first-order valence-electron chi connectivity index (χ1n) is 7.81. The van der Waals surface area contributed by atoms with E-state index in [9.17, 15) is 14.7 Å². The highest BCUT2D eigenvalue weighted by atomic mass is 79.9. The summed E-state index contributed by atoms with van der Waals surface area (Å²) in [6.07, 6.45) is 0.408. The topological polar surface area (TPSA) is 70.8 Å². The molecule has 0 spiro atoms. The zero-order chi connectivity index (χ0) is 17.5. The Bertz CT molecular complexity index is 813. The van der Waals surface area contributed by atoms with Crippen LogP contribution in [0.15, 0.2) is 39.2 Å². The molecule has 1 aromatic heterocycles. The minimum absolute atomic E-state index is 0.152. The normalized spacial score (nSPS) is 19.7. The van der Waals surface area contributed by atoms with E-state index in [-0.39, 0.29) is 12.2 Å². The van der Waals surface area contributed by atoms with Gasteiger partial charge in [0.2, 0.25) is 5.78 Å². The molecule has 0 saturated carbocycles. The second-order valence-electron chi connectivity index (χ2n) is 5.99. The van der Waals surface area contributed by atoms with Gasteiger partial charge >= 0.3 is 0 Å². The number of aryl methyl sites for hydroxylation is 1. The predicted octanol–water partition coefficient (Wildman–Crippen LogP) is 3.57. The van der Waals surface area contributed by atoms with E-state index in [1.807, 2.05) is 13.0 Å². The average Bonchev–Trinajstić information content (AvgIpc) is 3.05. The van der Waals surface area contributed by atoms with Crippen LogP contribution in [0.4, 0.5) is 5.69 Å². The molecule has 3 rings (SSSR count). The summed E-state index contributed by atoms with van der Waals surface area (Å²) >= 11 is 3.37. The van der Waals surface area contributed by atoms with Crippen molar-refractivity contribution in [3.63, 3.8) is 0 Å². The van der Waals surface area contributed by atoms with Gasteiger partial charge < -0.3 is 14.4 Å². The van der Waals surface area contributed by atoms with E-state index in [1.165, 1.54) is 0 Å². The number of rotatable bonds is 5. The molecule has 0 saturated heterocycles. The molecule has 24 heavy (non-hydrogen) atoms. The van der Waals surface area contributed by atoms with E-state index in [0.29, 0.717) is 23.6 Å². The van der Waals surface area contributed by atoms with Crippen molar-refractivity contribution in [3.05, 3.63) is 51.9 Å². The largest absolute Gasteiger partial charge is 0.458 e. The minimum Gasteiger partial charge on any atom is -0.458 e. The molecule has 0 bridgehead atoms. The number of aliphatic hydroxyl groups is 1. The maximum Gasteiger partial charge on any atom is 0.264 e. The van der Waals surface area contributed by atoms with Crippen molar-refractivity contribution < 1.29 is 19.1 Å². The molecule has 0 aliphatic carbocycles. The zero-order valence-corrected chi connectivity index (χ0v) is 15.1. The Hall–Kier alpha value is -1.92. The number of hydrogen-bond acceptors (Lipinski definition) is 4. The zero-order valence-electron chi connectivity index (χ0n) is 13.5. The van der Waals surface area contributed by atoms with Gasteiger partial charge in [-0.3, -0.25) is 9.59 Å². The van der Waals surface area contributed by atoms with Gasteiger partial charge in [-0.05, 0) is 43.7 Å². The molecule has 2 heterocycles. The number of carbonyl (C=O) groups excluding carboxylic acids is 2. The summed E-state index contributed by atoms with van der Waals surface area (Å²) in [5.41, 5.74) is -0.769. The minimum atomic E-state index is -1.87. The summed E-state index contributed by atoms with van der Waals surface area (Å²) in [6.45, 7) is 4.19. The third kappa shape index (κ3) is 2.70. The molecule has 5 nitrogen and oxygen atoms in total. The van der Waals surface area contributed by atoms with Gasteiger partial charge in [0.1, 0.15) is 5.76 Å². The Labute approximate surface area is 148 Å². The van der Waals surface area contributed by atoms with Crippen LogP contribution in [0.25, 0.3) is 0 Å². The first kappa shape index (κ1) is 16.9. The number of carbonyl (C=O) groups is 2. The summed E-state index contributed by atoms with van der Waals surface area (Å²) in [4.78, 5) is 26.9. The van der Waals surface area contributed by atoms with Crippen molar-refractivity contribution in [2.24, 2.45) is 0 Å². The standard InChI is InChI=1S/C18H18BrNO4/c1-3-8-20-14-6-5-12(19)9-13(14)18(23,17(20)22)10-15(21)16-7-4-11(2)24-16/h4-7,9,23H,3,8,10H2,1-2H3/t18-/m0/s1. The lowest BCUT2D eigenvalue weighted by molar-refractivity contribution is -0.135. The van der Waals surface area contributed by atoms with Crippen molar-refractivity contribution in [3.8, 4) is 0 Å². The number of benzene rings is 1. The monoisotopic (exact) mass is 391 g/mol. The highest BCUT2D eigenvalue weighted by molar-refractivity contribution is 9.10. The first-order chi connectivity index (χ1) is 11.4. The quantitative estimate of drug-likeness (QED) is 0.790. The van der Waals surface area contributed by atoms with Gasteiger partial charge in [0.15, 0.2) is 11.4 Å². The molecule has 0 fully saturated rings. The van der Waals surface area contributed by atoms with Gasteiger partial charge in [-0.15, -0.1) is 0 Å². The Morgan fingerprint density at radius 3 is 2.71 bits per heavy atom. The molecule has 2 aromatic rings. The lowest BCUT2D eigenvalue weighted by Gasteiger charge is -2.22. The van der Waals surface area contributed by atoms with Gasteiger partial charge in [-0.2, -0.15) is 0 Å². The fraction of sp³-hybridized carbons (Fsp3) is 0.333. The molecule has 6 heteroatoms. The van der Waals surface area contributed by atoms with Crippen LogP contribution < -0.4 is 4.90 Å². The number of nitrogens with zero attached hydrogens (tertiary/aromatic N) is 1. The first-order valence-corrected chi connectivity index (χ1v) is 8.60. The number of ketones is 1. The van der Waals surface area contributed by atoms with Gasteiger partial charge in [0, 0.05) is 16.6 Å². The van der Waals surface area contributed by atoms with E-state index in [1.54, 1.807) is 36.1 Å². The van der Waals surface area contributed by atoms with Gasteiger partial charge in [-0.25, -0.2) is 0 Å². The highest BCUT2D eigenvalue weighted by Gasteiger charge is 2.51. The fourth-order valence-corrected chi connectivity index (χ4v) is 3.40. The summed E-state index contributed by atoms with van der Waals surface area (Å²) in [5, 5.41) is 11.1. The van der Waals surface area contributed by atoms with Crippen LogP contribution in [0.1, 0.15) is 41.6 Å². The fourth-order valence-electron chi connectivity index (χ4n) is 3.04. The lowest BCUT2D eigenvalue weighted by Crippen LogP contribution is -2.42. The molecule has 1 aliphatic rings. The molecule has 126 valence electrons. The number of Topliss-reactive ketones (excluding diaryl/α,β-unsaturated/α-hetero) is 1. The third-order valence-electron chi connectivity index (χ3n) is 4.17. The van der Waals surface area contributed by atoms with Crippen molar-refractivity contribution >= 4 is 33.3 Å². The molecule has 0 radical (unpaired) electrons. The number of fused-ring (bicyclic) bond motifs is 1. The summed E-state index contributed by atoms with van der Waals surface area (Å²) in [6, 6.07) is 8.54. The van der Waals surface area contributed by atoms with Crippen molar-refractivity contribution in [2.45, 2.75) is 32.3 Å². The van der Waals surface area contributed by atoms with Crippen LogP contribution in [0.3, 0.4) is 0 Å². The Balaban J connectivity index is 2.01. The SMILES string of the molecule is CCCN1C(=O)[C@](O)(CC(=O)c2ccc(C)o2)c2cc(Br)ccc21. The van der Waals surface area contributed by atoms with Crippen LogP contribution >= 0.6 is 15.9 Å². The second-order valence-corrected chi connectivity index (χ2v) is 6.90. The van der Waals surface area contributed by atoms with E-state index >= 15 is 0 Å². The summed E-state index contributed by atoms with van der Waals surface area (Å²) < 4.78 is 6.07. The number of hydrogen-bond donors (Lipinski definition) is 1. The van der Waals surface area contributed by atoms with E-state index in [2.05, 4.69) is 15.9 Å². The Kier molecular flexibility index (Phi) is 4.36. The smallest absolute Gasteiger partial charge is 0.264 e. The lowest BCUT2D eigenvalue weighted by atomic mass is 9.89. The molecule has 1 atom stereocenters. The Morgan fingerprint density at radius 1 is 1.33 bits per heavy atom. The number of furan rings is 1. The van der Waals surface area contributed by atoms with Crippen LogP contribution in [0, 0.1) is 6.92 Å². The van der Waals surface area contributed by atoms with Crippen LogP contribution in [0.5, 0.6) is 0 Å². The third-order valence-corrected chi connectivity index (χ3v) is 4.67. The van der Waals surface area contributed by atoms with Crippen molar-refractivity contribution in [1.82, 2.24) is 0 Å². The number of anilines is 1. The molecule has 1 amide bonds. The van der Waals surface area contributed by atoms with Crippen LogP contribution in [-0.2, 0) is 10.4 Å². The predicted molar refractivity (Wildman–Crippen MR) is 93.1 cm³/mol. The van der Waals surface area contributed by atoms with Gasteiger partial charge in [0.05, 0.1) is 12.1 Å². The number of amides is 1. The van der Waals surface area contributed by atoms with Crippen LogP contribution in [-0.4, -0.2) is 23.3 Å². The highest BCUT2D eigenvalue weighted by Crippen LogP contribution is 2.44. The van der Waals surface area contributed by atoms with E-state index in [0.717, 1.165) is 10.9 Å². The van der Waals surface area contributed by atoms with Gasteiger partial charge in [-0.1, -0.05) is 22.9 Å². The average molecular weight is 392 g/mol. The van der Waals surface area contributed by atoms with Crippen molar-refractivity contribution in [1.29, 1.82) is 0 Å². The summed E-state index contributed by atoms with van der Waals surface area (Å²) in [7, 11) is 0. The number of halogens is 1. The molecule has 0 unspecified atom stereocenters. The molecule has 1 aromatic carbocycles. The maximum atomic E-state index is 12.8. The maximum absolute atomic E-state index is 12.8. The Morgan fingerprint density at radius 2 is 2.08 bits per heavy atom. The van der Waals surface area contributed by atoms with Crippen LogP contribution in [0.2, 0.25) is 0 Å². The molecular weight excluding hydrogens is 374 g/mol.